The van der Waals surface area contributed by atoms with Gasteiger partial charge < -0.3 is 9.72 Å². The molecule has 0 bridgehead atoms. The summed E-state index contributed by atoms with van der Waals surface area (Å²) in [5.74, 6) is 3.74. The van der Waals surface area contributed by atoms with Crippen LogP contribution < -0.4 is 4.74 Å². The van der Waals surface area contributed by atoms with Gasteiger partial charge in [0.25, 0.3) is 0 Å². The Bertz CT molecular complexity index is 1670. The van der Waals surface area contributed by atoms with Gasteiger partial charge in [0, 0.05) is 17.2 Å². The number of nitrogens with one attached hydrogen (secondary N) is 1. The Balaban J connectivity index is 1.52. The van der Waals surface area contributed by atoms with E-state index in [1.165, 1.54) is 88.3 Å². The topological polar surface area (TPSA) is 85.0 Å². The maximum absolute atomic E-state index is 10.9. The van der Waals surface area contributed by atoms with Crippen molar-refractivity contribution in [2.24, 2.45) is 16.8 Å². The number of aliphatic imine (C=N–C) groups is 1. The molecule has 0 spiro atoms. The number of aromatic nitrogens is 1. The van der Waals surface area contributed by atoms with E-state index in [9.17, 15) is 10.5 Å². The normalized spacial score (nSPS) is 22.4. The smallest absolute Gasteiger partial charge is 0.177 e. The molecule has 5 aliphatic rings. The third-order valence-electron chi connectivity index (χ3n) is 12.3. The maximum atomic E-state index is 10.9. The van der Waals surface area contributed by atoms with Crippen molar-refractivity contribution < 1.29 is 4.74 Å². The van der Waals surface area contributed by atoms with Crippen LogP contribution in [0.1, 0.15) is 188 Å². The molecule has 0 saturated heterocycles. The van der Waals surface area contributed by atoms with Crippen molar-refractivity contribution in [2.75, 3.05) is 0 Å². The first-order chi connectivity index (χ1) is 23.4. The molecular formula is C43H54N4O. The van der Waals surface area contributed by atoms with Crippen LogP contribution in [0.2, 0.25) is 0 Å². The lowest BCUT2D eigenvalue weighted by molar-refractivity contribution is 0.482. The van der Waals surface area contributed by atoms with Gasteiger partial charge in [0.1, 0.15) is 17.5 Å². The summed E-state index contributed by atoms with van der Waals surface area (Å²) in [5.41, 5.74) is 10.5. The molecule has 48 heavy (non-hydrogen) atoms. The minimum Gasteiger partial charge on any atom is -0.452 e. The van der Waals surface area contributed by atoms with Crippen LogP contribution in [0.15, 0.2) is 40.0 Å². The Kier molecular flexibility index (Phi) is 9.69. The van der Waals surface area contributed by atoms with E-state index in [0.29, 0.717) is 29.2 Å². The number of ether oxygens (including phenoxy) is 1. The molecule has 0 unspecified atom stereocenters. The lowest BCUT2D eigenvalue weighted by Crippen LogP contribution is -2.13. The number of H-pyrrole nitrogens is 1. The molecule has 5 heteroatoms. The van der Waals surface area contributed by atoms with Crippen LogP contribution in [-0.2, 0) is 0 Å². The van der Waals surface area contributed by atoms with E-state index in [1.807, 2.05) is 12.1 Å². The second-order valence-corrected chi connectivity index (χ2v) is 16.1. The van der Waals surface area contributed by atoms with Gasteiger partial charge in [0.15, 0.2) is 5.76 Å². The molecule has 1 aliphatic heterocycles. The molecule has 4 saturated carbocycles. The minimum atomic E-state index is 0.171. The SMILES string of the molecule is CC(C)c1cc(C#N)cc(C(C)C)c1O/C(=C1/N=C(C2CCCC2)C(C#N)=C1C1CCCC1)c1[nH]c(C2CCCC2)cc1C1CCCC1. The molecule has 4 aliphatic carbocycles. The molecule has 0 amide bonds. The lowest BCUT2D eigenvalue weighted by atomic mass is 9.87. The monoisotopic (exact) mass is 642 g/mol. The van der Waals surface area contributed by atoms with Crippen LogP contribution in [0.25, 0.3) is 5.76 Å². The highest BCUT2D eigenvalue weighted by Crippen LogP contribution is 2.49. The second-order valence-electron chi connectivity index (χ2n) is 16.1. The second kappa shape index (κ2) is 14.1. The van der Waals surface area contributed by atoms with Crippen LogP contribution in [0.3, 0.4) is 0 Å². The van der Waals surface area contributed by atoms with Crippen molar-refractivity contribution in [3.8, 4) is 17.9 Å². The number of hydrogen-bond acceptors (Lipinski definition) is 4. The number of benzene rings is 1. The van der Waals surface area contributed by atoms with Crippen molar-refractivity contribution in [3.05, 3.63) is 68.7 Å². The van der Waals surface area contributed by atoms with Crippen molar-refractivity contribution in [1.29, 1.82) is 10.5 Å². The molecule has 252 valence electrons. The lowest BCUT2D eigenvalue weighted by Gasteiger charge is -2.24. The molecule has 1 aromatic carbocycles. The summed E-state index contributed by atoms with van der Waals surface area (Å²) in [6.45, 7) is 8.78. The van der Waals surface area contributed by atoms with Gasteiger partial charge in [0.2, 0.25) is 0 Å². The first-order valence-electron chi connectivity index (χ1n) is 19.3. The van der Waals surface area contributed by atoms with E-state index < -0.39 is 0 Å². The zero-order valence-corrected chi connectivity index (χ0v) is 29.8. The Morgan fingerprint density at radius 3 is 1.75 bits per heavy atom. The van der Waals surface area contributed by atoms with Crippen molar-refractivity contribution in [2.45, 2.75) is 154 Å². The summed E-state index contributed by atoms with van der Waals surface area (Å²) in [6, 6.07) is 11.7. The average molecular weight is 643 g/mol. The molecule has 2 aromatic rings. The molecule has 7 rings (SSSR count). The van der Waals surface area contributed by atoms with E-state index in [2.05, 4.69) is 50.9 Å². The van der Waals surface area contributed by atoms with Gasteiger partial charge in [-0.2, -0.15) is 10.5 Å². The summed E-state index contributed by atoms with van der Waals surface area (Å²) in [4.78, 5) is 9.62. The number of allylic oxidation sites excluding steroid dienone is 2. The number of nitriles is 2. The quantitative estimate of drug-likeness (QED) is 0.276. The summed E-state index contributed by atoms with van der Waals surface area (Å²) in [6.07, 6.45) is 19.2. The first kappa shape index (κ1) is 33.0. The summed E-state index contributed by atoms with van der Waals surface area (Å²) >= 11 is 0. The van der Waals surface area contributed by atoms with Gasteiger partial charge in [0.05, 0.1) is 28.6 Å². The first-order valence-corrected chi connectivity index (χ1v) is 19.3. The predicted octanol–water partition coefficient (Wildman–Crippen LogP) is 11.9. The fourth-order valence-electron chi connectivity index (χ4n) is 9.62. The summed E-state index contributed by atoms with van der Waals surface area (Å²) < 4.78 is 7.53. The minimum absolute atomic E-state index is 0.171. The van der Waals surface area contributed by atoms with Gasteiger partial charge in [-0.15, -0.1) is 0 Å². The summed E-state index contributed by atoms with van der Waals surface area (Å²) in [7, 11) is 0. The Morgan fingerprint density at radius 2 is 1.23 bits per heavy atom. The Morgan fingerprint density at radius 1 is 0.708 bits per heavy atom. The molecule has 5 nitrogen and oxygen atoms in total. The molecule has 1 aromatic heterocycles. The van der Waals surface area contributed by atoms with Crippen LogP contribution in [0.5, 0.6) is 5.75 Å². The molecule has 0 radical (unpaired) electrons. The molecule has 1 N–H and O–H groups in total. The summed E-state index contributed by atoms with van der Waals surface area (Å²) in [5, 5.41) is 20.9. The van der Waals surface area contributed by atoms with E-state index in [1.54, 1.807) is 0 Å². The third kappa shape index (κ3) is 6.19. The molecular weight excluding hydrogens is 589 g/mol. The highest BCUT2D eigenvalue weighted by molar-refractivity contribution is 6.10. The number of aromatic amines is 1. The fraction of sp³-hybridized carbons (Fsp3) is 0.605. The third-order valence-corrected chi connectivity index (χ3v) is 12.3. The van der Waals surface area contributed by atoms with Crippen LogP contribution >= 0.6 is 0 Å². The van der Waals surface area contributed by atoms with E-state index in [-0.39, 0.29) is 11.8 Å². The standard InChI is InChI=1S/C43H54N4O/c1-26(2)33-21-28(24-44)22-34(27(3)4)42(33)48-43(40-35(29-13-5-6-14-29)23-37(46-40)30-15-7-8-16-30)41-38(31-17-9-10-18-31)36(25-45)39(47-41)32-19-11-12-20-32/h21-23,26-27,29-32,46H,5-20H2,1-4H3/b43-41+. The average Bonchev–Trinajstić information content (AvgIpc) is 3.94. The molecule has 2 heterocycles. The number of rotatable bonds is 9. The largest absolute Gasteiger partial charge is 0.452 e. The van der Waals surface area contributed by atoms with Crippen molar-refractivity contribution in [3.63, 3.8) is 0 Å². The van der Waals surface area contributed by atoms with Crippen LogP contribution in [-0.4, -0.2) is 10.7 Å². The van der Waals surface area contributed by atoms with Gasteiger partial charge in [-0.1, -0.05) is 79.1 Å². The zero-order valence-electron chi connectivity index (χ0n) is 29.8. The maximum Gasteiger partial charge on any atom is 0.177 e. The van der Waals surface area contributed by atoms with Gasteiger partial charge in [-0.05, 0) is 116 Å². The predicted molar refractivity (Wildman–Crippen MR) is 194 cm³/mol. The Labute approximate surface area is 288 Å². The number of nitrogens with zero attached hydrogens (tertiary/aromatic N) is 3. The molecule has 4 fully saturated rings. The number of hydrogen-bond donors (Lipinski definition) is 1. The van der Waals surface area contributed by atoms with Gasteiger partial charge in [-0.25, -0.2) is 4.99 Å². The van der Waals surface area contributed by atoms with Gasteiger partial charge in [-0.3, -0.25) is 0 Å². The van der Waals surface area contributed by atoms with Crippen LogP contribution in [0.4, 0.5) is 0 Å². The van der Waals surface area contributed by atoms with Crippen molar-refractivity contribution >= 4 is 11.5 Å². The fourth-order valence-corrected chi connectivity index (χ4v) is 9.62. The van der Waals surface area contributed by atoms with Crippen LogP contribution in [0, 0.1) is 34.5 Å². The van der Waals surface area contributed by atoms with Gasteiger partial charge >= 0.3 is 0 Å². The van der Waals surface area contributed by atoms with E-state index in [4.69, 9.17) is 9.73 Å². The highest BCUT2D eigenvalue weighted by Gasteiger charge is 2.39. The molecule has 0 atom stereocenters. The van der Waals surface area contributed by atoms with Crippen molar-refractivity contribution in [1.82, 2.24) is 4.98 Å². The zero-order chi connectivity index (χ0) is 33.4. The Hall–Kier alpha value is -3.57. The van der Waals surface area contributed by atoms with E-state index in [0.717, 1.165) is 76.6 Å². The van der Waals surface area contributed by atoms with E-state index >= 15 is 0 Å². The highest BCUT2D eigenvalue weighted by atomic mass is 16.5.